The number of para-hydroxylation sites is 3. The number of ether oxygens (including phenoxy) is 3. The van der Waals surface area contributed by atoms with Crippen molar-refractivity contribution in [3.8, 4) is 34.5 Å². The molecule has 0 saturated heterocycles. The number of benzene rings is 6. The van der Waals surface area contributed by atoms with Gasteiger partial charge in [-0.25, -0.2) is 0 Å². The molecule has 0 radical (unpaired) electrons. The Morgan fingerprint density at radius 1 is 0.478 bits per heavy atom. The number of carboxylic acids is 1. The zero-order chi connectivity index (χ0) is 31.8. The summed E-state index contributed by atoms with van der Waals surface area (Å²) in [4.78, 5) is 13.1. The summed E-state index contributed by atoms with van der Waals surface area (Å²) in [5, 5.41) is 13.4. The van der Waals surface area contributed by atoms with E-state index in [-0.39, 0.29) is 0 Å². The van der Waals surface area contributed by atoms with Gasteiger partial charge in [0, 0.05) is 0 Å². The number of carboxylic acid groups (broad SMARTS) is 1. The molecule has 0 bridgehead atoms. The predicted octanol–water partition coefficient (Wildman–Crippen LogP) is 8.73. The molecule has 6 aromatic rings. The average Bonchev–Trinajstić information content (AvgIpc) is 3.10. The zero-order valence-corrected chi connectivity index (χ0v) is 26.0. The van der Waals surface area contributed by atoms with E-state index < -0.39 is 18.9 Å². The molecule has 0 saturated carbocycles. The predicted molar refractivity (Wildman–Crippen MR) is 188 cm³/mol. The molecule has 0 fully saturated rings. The van der Waals surface area contributed by atoms with Gasteiger partial charge in [-0.2, -0.15) is 0 Å². The molecule has 46 heavy (non-hydrogen) atoms. The fraction of sp³-hybridized carbons (Fsp3) is 0.0250. The Labute approximate surface area is 269 Å². The number of hydrogen-bond donors (Lipinski definition) is 1. The molecule has 0 aliphatic heterocycles. The summed E-state index contributed by atoms with van der Waals surface area (Å²) in [6.07, 6.45) is 1.56. The van der Waals surface area contributed by atoms with Crippen LogP contribution in [0.15, 0.2) is 176 Å². The summed E-state index contributed by atoms with van der Waals surface area (Å²) in [5.74, 6) is 3.17. The fourth-order valence-electron chi connectivity index (χ4n) is 5.73. The topological polar surface area (TPSA) is 65.0 Å². The Morgan fingerprint density at radius 2 is 0.739 bits per heavy atom. The van der Waals surface area contributed by atoms with E-state index in [1.807, 2.05) is 164 Å². The van der Waals surface area contributed by atoms with Crippen LogP contribution in [0, 0.1) is 0 Å². The average molecular weight is 625 g/mol. The molecular weight excluding hydrogens is 591 g/mol. The van der Waals surface area contributed by atoms with Gasteiger partial charge in [-0.1, -0.05) is 0 Å². The van der Waals surface area contributed by atoms with Crippen LogP contribution in [0.3, 0.4) is 0 Å². The van der Waals surface area contributed by atoms with Gasteiger partial charge in [-0.15, -0.1) is 0 Å². The van der Waals surface area contributed by atoms with Gasteiger partial charge in [-0.05, 0) is 0 Å². The maximum atomic E-state index is 13.1. The van der Waals surface area contributed by atoms with E-state index in [1.165, 1.54) is 0 Å². The Hall–Kier alpha value is -5.64. The van der Waals surface area contributed by atoms with E-state index in [1.54, 1.807) is 6.08 Å². The van der Waals surface area contributed by atoms with Crippen molar-refractivity contribution in [2.75, 3.05) is 0 Å². The Bertz CT molecular complexity index is 1670. The van der Waals surface area contributed by atoms with Gasteiger partial charge in [0.05, 0.1) is 0 Å². The molecule has 0 aliphatic rings. The minimum absolute atomic E-state index is 0.654. The third-order valence-corrected chi connectivity index (χ3v) is 13.0. The first-order valence-corrected chi connectivity index (χ1v) is 17.0. The van der Waals surface area contributed by atoms with E-state index in [9.17, 15) is 9.90 Å². The van der Waals surface area contributed by atoms with Gasteiger partial charge in [0.15, 0.2) is 0 Å². The molecule has 6 aromatic carbocycles. The summed E-state index contributed by atoms with van der Waals surface area (Å²) < 4.78 is 18.2. The van der Waals surface area contributed by atoms with E-state index in [0.717, 1.165) is 33.2 Å². The normalized spacial score (nSPS) is 12.0. The SMILES string of the molecule is C=CC(C(=O)O)[PH](c1ccc(Oc2ccccc2)cc1)(c1ccc(Oc2ccccc2)cc1)c1ccc(Oc2ccccc2)cc1. The monoisotopic (exact) mass is 624 g/mol. The molecule has 0 aliphatic carbocycles. The van der Waals surface area contributed by atoms with Crippen LogP contribution in [-0.4, -0.2) is 16.7 Å². The standard InChI is InChI=1S/C40H33O5P/c1-2-39(40(41)42)46(36-24-18-33(19-25-36)43-30-12-6-3-7-13-30,37-26-20-34(21-27-37)44-31-14-8-4-9-15-31)38-28-22-35(23-29-38)45-32-16-10-5-11-17-32/h2-29,39,46H,1H2,(H,41,42). The van der Waals surface area contributed by atoms with Crippen LogP contribution in [0.1, 0.15) is 0 Å². The number of aliphatic carboxylic acids is 1. The first-order chi connectivity index (χ1) is 22.6. The Kier molecular flexibility index (Phi) is 9.24. The first-order valence-electron chi connectivity index (χ1n) is 14.9. The van der Waals surface area contributed by atoms with Crippen LogP contribution in [0.4, 0.5) is 0 Å². The summed E-state index contributed by atoms with van der Waals surface area (Å²) in [6.45, 7) is 4.02. The second-order valence-electron chi connectivity index (χ2n) is 10.7. The molecule has 1 unspecified atom stereocenters. The van der Waals surface area contributed by atoms with Crippen LogP contribution in [0.5, 0.6) is 34.5 Å². The van der Waals surface area contributed by atoms with Crippen LogP contribution in [-0.2, 0) is 4.79 Å². The number of carbonyl (C=O) groups is 1. The van der Waals surface area contributed by atoms with Crippen molar-refractivity contribution in [3.63, 3.8) is 0 Å². The molecule has 0 spiro atoms. The van der Waals surface area contributed by atoms with Gasteiger partial charge >= 0.3 is 270 Å². The first kappa shape index (κ1) is 30.4. The van der Waals surface area contributed by atoms with Crippen molar-refractivity contribution in [3.05, 3.63) is 176 Å². The van der Waals surface area contributed by atoms with E-state index in [4.69, 9.17) is 14.2 Å². The molecule has 6 rings (SSSR count). The quantitative estimate of drug-likeness (QED) is 0.109. The van der Waals surface area contributed by atoms with Crippen molar-refractivity contribution >= 4 is 29.1 Å². The molecular formula is C40H33O5P. The Morgan fingerprint density at radius 3 is 0.978 bits per heavy atom. The van der Waals surface area contributed by atoms with E-state index in [2.05, 4.69) is 6.58 Å². The summed E-state index contributed by atoms with van der Waals surface area (Å²) in [7, 11) is -3.35. The van der Waals surface area contributed by atoms with E-state index in [0.29, 0.717) is 17.2 Å². The molecule has 6 heteroatoms. The van der Waals surface area contributed by atoms with Gasteiger partial charge in [0.25, 0.3) is 0 Å². The van der Waals surface area contributed by atoms with E-state index >= 15 is 0 Å². The van der Waals surface area contributed by atoms with Gasteiger partial charge in [0.2, 0.25) is 0 Å². The zero-order valence-electron chi connectivity index (χ0n) is 25.0. The maximum absolute atomic E-state index is 13.1. The van der Waals surface area contributed by atoms with Crippen LogP contribution in [0.2, 0.25) is 0 Å². The second-order valence-corrected chi connectivity index (χ2v) is 14.6. The molecule has 5 nitrogen and oxygen atoms in total. The van der Waals surface area contributed by atoms with Crippen molar-refractivity contribution in [1.82, 2.24) is 0 Å². The Balaban J connectivity index is 1.47. The van der Waals surface area contributed by atoms with Crippen LogP contribution >= 0.6 is 7.26 Å². The van der Waals surface area contributed by atoms with Gasteiger partial charge in [-0.3, -0.25) is 0 Å². The minimum atomic E-state index is -3.35. The molecule has 0 heterocycles. The van der Waals surface area contributed by atoms with Crippen LogP contribution < -0.4 is 30.1 Å². The molecule has 1 atom stereocenters. The van der Waals surface area contributed by atoms with Crippen molar-refractivity contribution < 1.29 is 24.1 Å². The van der Waals surface area contributed by atoms with Crippen molar-refractivity contribution in [2.45, 2.75) is 5.66 Å². The summed E-state index contributed by atoms with van der Waals surface area (Å²) >= 11 is 0. The third kappa shape index (κ3) is 6.56. The molecule has 0 aromatic heterocycles. The van der Waals surface area contributed by atoms with Crippen LogP contribution in [0.25, 0.3) is 0 Å². The van der Waals surface area contributed by atoms with Crippen molar-refractivity contribution in [1.29, 1.82) is 0 Å². The summed E-state index contributed by atoms with van der Waals surface area (Å²) in [5.41, 5.74) is -0.893. The number of hydrogen-bond acceptors (Lipinski definition) is 4. The number of rotatable bonds is 12. The molecule has 1 N–H and O–H groups in total. The van der Waals surface area contributed by atoms with Crippen molar-refractivity contribution in [2.24, 2.45) is 0 Å². The van der Waals surface area contributed by atoms with Gasteiger partial charge in [0.1, 0.15) is 0 Å². The fourth-order valence-corrected chi connectivity index (χ4v) is 10.6. The molecule has 228 valence electrons. The third-order valence-electron chi connectivity index (χ3n) is 7.83. The second kappa shape index (κ2) is 14.0. The van der Waals surface area contributed by atoms with Gasteiger partial charge < -0.3 is 0 Å². The molecule has 0 amide bonds. The summed E-state index contributed by atoms with van der Waals surface area (Å²) in [6, 6.07) is 51.9.